The van der Waals surface area contributed by atoms with Crippen molar-refractivity contribution in [1.29, 1.82) is 0 Å². The maximum absolute atomic E-state index is 13.4. The summed E-state index contributed by atoms with van der Waals surface area (Å²) >= 11 is 3.60. The first-order chi connectivity index (χ1) is 16.3. The molecule has 34 heavy (non-hydrogen) atoms. The van der Waals surface area contributed by atoms with Gasteiger partial charge in [0, 0.05) is 12.6 Å². The third kappa shape index (κ3) is 6.29. The van der Waals surface area contributed by atoms with E-state index in [0.717, 1.165) is 20.8 Å². The SMILES string of the molecule is CC[C@@H](C(=O)NC(C)C)N(Cc1cccc(OC)c1)C(=O)COc1ccc2ccccc2c1Br. The van der Waals surface area contributed by atoms with E-state index in [9.17, 15) is 9.59 Å². The molecule has 1 atom stereocenters. The topological polar surface area (TPSA) is 67.9 Å². The molecule has 0 radical (unpaired) electrons. The van der Waals surface area contributed by atoms with Gasteiger partial charge in [-0.1, -0.05) is 49.4 Å². The first-order valence-electron chi connectivity index (χ1n) is 11.4. The van der Waals surface area contributed by atoms with E-state index in [0.29, 0.717) is 17.9 Å². The molecule has 180 valence electrons. The van der Waals surface area contributed by atoms with Crippen molar-refractivity contribution in [3.05, 3.63) is 70.7 Å². The Hall–Kier alpha value is -3.06. The normalized spacial score (nSPS) is 11.8. The van der Waals surface area contributed by atoms with Gasteiger partial charge in [0.25, 0.3) is 5.91 Å². The number of hydrogen-bond donors (Lipinski definition) is 1. The third-order valence-electron chi connectivity index (χ3n) is 5.48. The molecule has 0 aliphatic rings. The van der Waals surface area contributed by atoms with Gasteiger partial charge < -0.3 is 19.7 Å². The van der Waals surface area contributed by atoms with E-state index in [2.05, 4.69) is 21.2 Å². The summed E-state index contributed by atoms with van der Waals surface area (Å²) in [6.45, 7) is 5.78. The molecule has 0 fully saturated rings. The standard InChI is InChI=1S/C27H31BrN2O4/c1-5-23(27(32)29-18(2)3)30(16-19-9-8-11-21(15-19)33-4)25(31)17-34-24-14-13-20-10-6-7-12-22(20)26(24)28/h6-15,18,23H,5,16-17H2,1-4H3,(H,29,32)/t23-/m0/s1. The average molecular weight is 527 g/mol. The maximum Gasteiger partial charge on any atom is 0.261 e. The lowest BCUT2D eigenvalue weighted by atomic mass is 10.1. The average Bonchev–Trinajstić information content (AvgIpc) is 2.83. The number of fused-ring (bicyclic) bond motifs is 1. The van der Waals surface area contributed by atoms with Gasteiger partial charge in [0.2, 0.25) is 5.91 Å². The van der Waals surface area contributed by atoms with Crippen molar-refractivity contribution in [2.45, 2.75) is 45.8 Å². The van der Waals surface area contributed by atoms with Crippen LogP contribution in [0.15, 0.2) is 65.1 Å². The number of nitrogens with zero attached hydrogens (tertiary/aromatic N) is 1. The molecule has 0 spiro atoms. The van der Waals surface area contributed by atoms with Crippen molar-refractivity contribution in [1.82, 2.24) is 10.2 Å². The molecule has 7 heteroatoms. The highest BCUT2D eigenvalue weighted by molar-refractivity contribution is 9.10. The van der Waals surface area contributed by atoms with Gasteiger partial charge in [-0.2, -0.15) is 0 Å². The number of benzene rings is 3. The van der Waals surface area contributed by atoms with Crippen LogP contribution in [0.2, 0.25) is 0 Å². The van der Waals surface area contributed by atoms with Crippen molar-refractivity contribution in [2.24, 2.45) is 0 Å². The molecule has 0 aromatic heterocycles. The Labute approximate surface area is 209 Å². The van der Waals surface area contributed by atoms with Crippen molar-refractivity contribution in [2.75, 3.05) is 13.7 Å². The van der Waals surface area contributed by atoms with E-state index in [1.165, 1.54) is 0 Å². The number of carbonyl (C=O) groups is 2. The van der Waals surface area contributed by atoms with Gasteiger partial charge in [-0.15, -0.1) is 0 Å². The number of nitrogens with one attached hydrogen (secondary N) is 1. The van der Waals surface area contributed by atoms with Crippen molar-refractivity contribution in [3.63, 3.8) is 0 Å². The summed E-state index contributed by atoms with van der Waals surface area (Å²) in [5.74, 6) is 0.822. The van der Waals surface area contributed by atoms with Crippen molar-refractivity contribution in [3.8, 4) is 11.5 Å². The van der Waals surface area contributed by atoms with Crippen LogP contribution in [0, 0.1) is 0 Å². The highest BCUT2D eigenvalue weighted by atomic mass is 79.9. The fourth-order valence-corrected chi connectivity index (χ4v) is 4.42. The summed E-state index contributed by atoms with van der Waals surface area (Å²) in [7, 11) is 1.60. The minimum Gasteiger partial charge on any atom is -0.497 e. The third-order valence-corrected chi connectivity index (χ3v) is 6.30. The van der Waals surface area contributed by atoms with Gasteiger partial charge in [0.05, 0.1) is 11.6 Å². The van der Waals surface area contributed by atoms with Crippen LogP contribution in [0.25, 0.3) is 10.8 Å². The van der Waals surface area contributed by atoms with E-state index in [-0.39, 0.29) is 31.0 Å². The summed E-state index contributed by atoms with van der Waals surface area (Å²) < 4.78 is 12.0. The second-order valence-electron chi connectivity index (χ2n) is 8.35. The molecule has 3 rings (SSSR count). The molecular weight excluding hydrogens is 496 g/mol. The zero-order chi connectivity index (χ0) is 24.7. The molecule has 1 N–H and O–H groups in total. The lowest BCUT2D eigenvalue weighted by molar-refractivity contribution is -0.143. The molecule has 0 saturated carbocycles. The van der Waals surface area contributed by atoms with Crippen LogP contribution in [0.4, 0.5) is 0 Å². The lowest BCUT2D eigenvalue weighted by Gasteiger charge is -2.31. The summed E-state index contributed by atoms with van der Waals surface area (Å²) in [4.78, 5) is 27.9. The quantitative estimate of drug-likeness (QED) is 0.388. The lowest BCUT2D eigenvalue weighted by Crippen LogP contribution is -2.51. The number of rotatable bonds is 10. The van der Waals surface area contributed by atoms with Crippen LogP contribution >= 0.6 is 15.9 Å². The van der Waals surface area contributed by atoms with Crippen molar-refractivity contribution >= 4 is 38.5 Å². The Balaban J connectivity index is 1.84. The largest absolute Gasteiger partial charge is 0.497 e. The molecule has 2 amide bonds. The van der Waals surface area contributed by atoms with Crippen LogP contribution in [0.5, 0.6) is 11.5 Å². The zero-order valence-corrected chi connectivity index (χ0v) is 21.6. The molecule has 0 aliphatic carbocycles. The number of carbonyl (C=O) groups excluding carboxylic acids is 2. The molecule has 0 saturated heterocycles. The van der Waals surface area contributed by atoms with E-state index in [4.69, 9.17) is 9.47 Å². The minimum absolute atomic E-state index is 0.0277. The van der Waals surface area contributed by atoms with Gasteiger partial charge >= 0.3 is 0 Å². The number of hydrogen-bond acceptors (Lipinski definition) is 4. The summed E-state index contributed by atoms with van der Waals surface area (Å²) in [6, 6.07) is 18.6. The van der Waals surface area contributed by atoms with E-state index < -0.39 is 6.04 Å². The molecule has 3 aromatic rings. The Morgan fingerprint density at radius 2 is 1.82 bits per heavy atom. The molecule has 3 aromatic carbocycles. The van der Waals surface area contributed by atoms with Crippen LogP contribution in [0.1, 0.15) is 32.8 Å². The molecule has 0 bridgehead atoms. The predicted octanol–water partition coefficient (Wildman–Crippen LogP) is 5.32. The molecule has 0 unspecified atom stereocenters. The summed E-state index contributed by atoms with van der Waals surface area (Å²) in [5, 5.41) is 5.01. The maximum atomic E-state index is 13.4. The second-order valence-corrected chi connectivity index (χ2v) is 9.14. The Kier molecular flexibility index (Phi) is 8.93. The highest BCUT2D eigenvalue weighted by Gasteiger charge is 2.29. The molecule has 6 nitrogen and oxygen atoms in total. The van der Waals surface area contributed by atoms with Crippen molar-refractivity contribution < 1.29 is 19.1 Å². The fourth-order valence-electron chi connectivity index (χ4n) is 3.82. The Bertz CT molecular complexity index is 1150. The minimum atomic E-state index is -0.621. The molecule has 0 heterocycles. The fraction of sp³-hybridized carbons (Fsp3) is 0.333. The number of ether oxygens (including phenoxy) is 2. The summed E-state index contributed by atoms with van der Waals surface area (Å²) in [5.41, 5.74) is 0.871. The highest BCUT2D eigenvalue weighted by Crippen LogP contribution is 2.33. The van der Waals surface area contributed by atoms with Crippen LogP contribution in [-0.4, -0.2) is 42.5 Å². The smallest absolute Gasteiger partial charge is 0.261 e. The van der Waals surface area contributed by atoms with Crippen LogP contribution in [-0.2, 0) is 16.1 Å². The van der Waals surface area contributed by atoms with E-state index in [1.807, 2.05) is 81.4 Å². The second kappa shape index (κ2) is 11.9. The Morgan fingerprint density at radius 1 is 1.06 bits per heavy atom. The number of methoxy groups -OCH3 is 1. The summed E-state index contributed by atoms with van der Waals surface area (Å²) in [6.07, 6.45) is 0.480. The number of amides is 2. The van der Waals surface area contributed by atoms with Gasteiger partial charge in [-0.3, -0.25) is 9.59 Å². The predicted molar refractivity (Wildman–Crippen MR) is 138 cm³/mol. The van der Waals surface area contributed by atoms with E-state index >= 15 is 0 Å². The van der Waals surface area contributed by atoms with Gasteiger partial charge in [-0.05, 0) is 70.7 Å². The van der Waals surface area contributed by atoms with Gasteiger partial charge in [-0.25, -0.2) is 0 Å². The van der Waals surface area contributed by atoms with Gasteiger partial charge in [0.15, 0.2) is 6.61 Å². The Morgan fingerprint density at radius 3 is 2.53 bits per heavy atom. The van der Waals surface area contributed by atoms with E-state index in [1.54, 1.807) is 12.0 Å². The van der Waals surface area contributed by atoms with Crippen LogP contribution in [0.3, 0.4) is 0 Å². The first-order valence-corrected chi connectivity index (χ1v) is 12.2. The number of halogens is 1. The first kappa shape index (κ1) is 25.6. The van der Waals surface area contributed by atoms with Gasteiger partial charge in [0.1, 0.15) is 17.5 Å². The van der Waals surface area contributed by atoms with Crippen LogP contribution < -0.4 is 14.8 Å². The molecule has 0 aliphatic heterocycles. The zero-order valence-electron chi connectivity index (χ0n) is 20.0. The monoisotopic (exact) mass is 526 g/mol. The molecular formula is C27H31BrN2O4.